The quantitative estimate of drug-likeness (QED) is 0.641. The molecule has 0 spiro atoms. The van der Waals surface area contributed by atoms with E-state index in [0.717, 1.165) is 39.1 Å². The molecule has 7 nitrogen and oxygen atoms in total. The van der Waals surface area contributed by atoms with E-state index in [1.807, 2.05) is 4.90 Å². The predicted molar refractivity (Wildman–Crippen MR) is 70.4 cm³/mol. The lowest BCUT2D eigenvalue weighted by Crippen LogP contribution is -2.48. The van der Waals surface area contributed by atoms with Gasteiger partial charge in [0.05, 0.1) is 6.54 Å². The molecule has 2 saturated heterocycles. The molecule has 2 rings (SSSR count). The van der Waals surface area contributed by atoms with E-state index in [1.165, 1.54) is 0 Å². The first kappa shape index (κ1) is 14.9. The molecular weight excluding hydrogens is 262 g/mol. The second-order valence-electron chi connectivity index (χ2n) is 5.16. The molecule has 7 heteroatoms. The molecule has 0 aromatic rings. The van der Waals surface area contributed by atoms with Gasteiger partial charge in [-0.3, -0.25) is 14.5 Å². The molecule has 0 aliphatic carbocycles. The lowest BCUT2D eigenvalue weighted by Gasteiger charge is -2.33. The second kappa shape index (κ2) is 6.81. The van der Waals surface area contributed by atoms with Crippen LogP contribution in [0.5, 0.6) is 0 Å². The molecule has 2 fully saturated rings. The van der Waals surface area contributed by atoms with Crippen molar-refractivity contribution in [1.29, 1.82) is 0 Å². The summed E-state index contributed by atoms with van der Waals surface area (Å²) in [4.78, 5) is 43.6. The van der Waals surface area contributed by atoms with Gasteiger partial charge in [0.2, 0.25) is 0 Å². The van der Waals surface area contributed by atoms with Crippen molar-refractivity contribution in [2.45, 2.75) is 26.2 Å². The summed E-state index contributed by atoms with van der Waals surface area (Å²) in [5.74, 6) is -1.41. The van der Waals surface area contributed by atoms with E-state index >= 15 is 0 Å². The Morgan fingerprint density at radius 1 is 1.05 bits per heavy atom. The first-order chi connectivity index (χ1) is 9.60. The molecule has 20 heavy (non-hydrogen) atoms. The molecule has 2 aliphatic heterocycles. The first-order valence-electron chi connectivity index (χ1n) is 7.11. The molecule has 0 N–H and O–H groups in total. The molecule has 2 amide bonds. The van der Waals surface area contributed by atoms with Gasteiger partial charge in [-0.1, -0.05) is 6.92 Å². The maximum absolute atomic E-state index is 11.7. The maximum atomic E-state index is 11.7. The SMILES string of the molecule is CCCN1CCN(CC(=O)ON2C(=O)CCC2=O)CC1. The molecule has 2 aliphatic rings. The van der Waals surface area contributed by atoms with E-state index in [9.17, 15) is 14.4 Å². The average molecular weight is 283 g/mol. The van der Waals surface area contributed by atoms with Crippen LogP contribution in [0, 0.1) is 0 Å². The Bertz CT molecular complexity index is 375. The highest BCUT2D eigenvalue weighted by atomic mass is 16.7. The van der Waals surface area contributed by atoms with Crippen LogP contribution >= 0.6 is 0 Å². The number of carbonyl (C=O) groups is 3. The number of amides is 2. The van der Waals surface area contributed by atoms with Crippen LogP contribution in [0.4, 0.5) is 0 Å². The van der Waals surface area contributed by atoms with Gasteiger partial charge in [0.25, 0.3) is 11.8 Å². The van der Waals surface area contributed by atoms with Gasteiger partial charge in [0.1, 0.15) is 0 Å². The van der Waals surface area contributed by atoms with Crippen molar-refractivity contribution < 1.29 is 19.2 Å². The highest BCUT2D eigenvalue weighted by Crippen LogP contribution is 2.12. The number of hydrogen-bond donors (Lipinski definition) is 0. The zero-order valence-electron chi connectivity index (χ0n) is 11.8. The smallest absolute Gasteiger partial charge is 0.329 e. The molecule has 0 aromatic heterocycles. The Hall–Kier alpha value is -1.47. The lowest BCUT2D eigenvalue weighted by atomic mass is 10.3. The van der Waals surface area contributed by atoms with E-state index in [2.05, 4.69) is 11.8 Å². The van der Waals surface area contributed by atoms with Crippen molar-refractivity contribution in [3.8, 4) is 0 Å². The summed E-state index contributed by atoms with van der Waals surface area (Å²) in [6, 6.07) is 0. The number of piperazine rings is 1. The van der Waals surface area contributed by atoms with E-state index < -0.39 is 17.8 Å². The third-order valence-corrected chi connectivity index (χ3v) is 3.56. The minimum Gasteiger partial charge on any atom is -0.329 e. The van der Waals surface area contributed by atoms with Crippen LogP contribution in [0.25, 0.3) is 0 Å². The summed E-state index contributed by atoms with van der Waals surface area (Å²) in [6.45, 7) is 6.82. The molecule has 112 valence electrons. The molecule has 0 radical (unpaired) electrons. The fourth-order valence-electron chi connectivity index (χ4n) is 2.46. The normalized spacial score (nSPS) is 21.6. The van der Waals surface area contributed by atoms with Gasteiger partial charge in [0, 0.05) is 39.0 Å². The zero-order chi connectivity index (χ0) is 14.5. The second-order valence-corrected chi connectivity index (χ2v) is 5.16. The fraction of sp³-hybridized carbons (Fsp3) is 0.769. The van der Waals surface area contributed by atoms with Crippen molar-refractivity contribution in [2.75, 3.05) is 39.3 Å². The third kappa shape index (κ3) is 3.77. The largest absolute Gasteiger partial charge is 0.347 e. The lowest BCUT2D eigenvalue weighted by molar-refractivity contribution is -0.198. The highest BCUT2D eigenvalue weighted by Gasteiger charge is 2.33. The predicted octanol–water partition coefficient (Wildman–Crippen LogP) is -0.379. The van der Waals surface area contributed by atoms with Gasteiger partial charge < -0.3 is 9.74 Å². The van der Waals surface area contributed by atoms with Crippen molar-refractivity contribution >= 4 is 17.8 Å². The van der Waals surface area contributed by atoms with Gasteiger partial charge in [-0.15, -0.1) is 5.06 Å². The Morgan fingerprint density at radius 3 is 2.15 bits per heavy atom. The van der Waals surface area contributed by atoms with E-state index in [0.29, 0.717) is 5.06 Å². The summed E-state index contributed by atoms with van der Waals surface area (Å²) in [5.41, 5.74) is 0. The zero-order valence-corrected chi connectivity index (χ0v) is 11.8. The molecule has 0 atom stereocenters. The number of rotatable bonds is 5. The Balaban J connectivity index is 1.73. The number of imide groups is 1. The van der Waals surface area contributed by atoms with E-state index in [4.69, 9.17) is 4.84 Å². The van der Waals surface area contributed by atoms with Crippen LogP contribution in [-0.4, -0.2) is 71.9 Å². The standard InChI is InChI=1S/C13H21N3O4/c1-2-5-14-6-8-15(9-7-14)10-13(19)20-16-11(17)3-4-12(16)18/h2-10H2,1H3. The van der Waals surface area contributed by atoms with Gasteiger partial charge in [-0.05, 0) is 13.0 Å². The first-order valence-corrected chi connectivity index (χ1v) is 7.11. The monoisotopic (exact) mass is 283 g/mol. The number of nitrogens with zero attached hydrogens (tertiary/aromatic N) is 3. The molecule has 0 saturated carbocycles. The van der Waals surface area contributed by atoms with Gasteiger partial charge in [-0.2, -0.15) is 0 Å². The van der Waals surface area contributed by atoms with Gasteiger partial charge in [0.15, 0.2) is 0 Å². The van der Waals surface area contributed by atoms with E-state index in [-0.39, 0.29) is 19.4 Å². The minimum absolute atomic E-state index is 0.122. The van der Waals surface area contributed by atoms with Crippen LogP contribution in [0.1, 0.15) is 26.2 Å². The Kier molecular flexibility index (Phi) is 5.08. The molecule has 0 bridgehead atoms. The van der Waals surface area contributed by atoms with Crippen molar-refractivity contribution in [3.63, 3.8) is 0 Å². The summed E-state index contributed by atoms with van der Waals surface area (Å²) >= 11 is 0. The Labute approximate surface area is 118 Å². The van der Waals surface area contributed by atoms with Crippen LogP contribution in [0.15, 0.2) is 0 Å². The van der Waals surface area contributed by atoms with Gasteiger partial charge in [-0.25, -0.2) is 4.79 Å². The fourth-order valence-corrected chi connectivity index (χ4v) is 2.46. The average Bonchev–Trinajstić information content (AvgIpc) is 2.73. The van der Waals surface area contributed by atoms with Crippen LogP contribution in [0.2, 0.25) is 0 Å². The highest BCUT2D eigenvalue weighted by molar-refractivity contribution is 6.01. The molecular formula is C13H21N3O4. The Morgan fingerprint density at radius 2 is 1.60 bits per heavy atom. The van der Waals surface area contributed by atoms with Crippen LogP contribution in [0.3, 0.4) is 0 Å². The third-order valence-electron chi connectivity index (χ3n) is 3.56. The number of hydrogen-bond acceptors (Lipinski definition) is 6. The summed E-state index contributed by atoms with van der Waals surface area (Å²) in [7, 11) is 0. The summed E-state index contributed by atoms with van der Waals surface area (Å²) in [6.07, 6.45) is 1.38. The molecule has 2 heterocycles. The van der Waals surface area contributed by atoms with Gasteiger partial charge >= 0.3 is 5.97 Å². The van der Waals surface area contributed by atoms with Crippen LogP contribution < -0.4 is 0 Å². The minimum atomic E-state index is -0.544. The van der Waals surface area contributed by atoms with Crippen LogP contribution in [-0.2, 0) is 19.2 Å². The molecule has 0 unspecified atom stereocenters. The summed E-state index contributed by atoms with van der Waals surface area (Å²) in [5, 5.41) is 0.607. The van der Waals surface area contributed by atoms with Crippen molar-refractivity contribution in [3.05, 3.63) is 0 Å². The van der Waals surface area contributed by atoms with Crippen molar-refractivity contribution in [1.82, 2.24) is 14.9 Å². The molecule has 0 aromatic carbocycles. The van der Waals surface area contributed by atoms with E-state index in [1.54, 1.807) is 0 Å². The number of hydroxylamine groups is 2. The maximum Gasteiger partial charge on any atom is 0.347 e. The summed E-state index contributed by atoms with van der Waals surface area (Å²) < 4.78 is 0. The number of carbonyl (C=O) groups excluding carboxylic acids is 3. The topological polar surface area (TPSA) is 70.2 Å². The van der Waals surface area contributed by atoms with Crippen molar-refractivity contribution in [2.24, 2.45) is 0 Å².